The highest BCUT2D eigenvalue weighted by atomic mass is 35.5. The minimum Gasteiger partial charge on any atom is -0.454 e. The Morgan fingerprint density at radius 2 is 1.86 bits per heavy atom. The van der Waals surface area contributed by atoms with Gasteiger partial charge in [0.15, 0.2) is 11.5 Å². The molecule has 0 saturated carbocycles. The molecule has 0 radical (unpaired) electrons. The fourth-order valence-electron chi connectivity index (χ4n) is 2.94. The van der Waals surface area contributed by atoms with Crippen LogP contribution in [-0.4, -0.2) is 55.1 Å². The average molecular weight is 418 g/mol. The molecule has 1 heterocycles. The molecule has 0 aromatic heterocycles. The van der Waals surface area contributed by atoms with E-state index >= 15 is 0 Å². The van der Waals surface area contributed by atoms with Gasteiger partial charge in [0, 0.05) is 13.6 Å². The number of carbonyl (C=O) groups is 2. The lowest BCUT2D eigenvalue weighted by Gasteiger charge is -2.24. The molecule has 154 valence electrons. The maximum atomic E-state index is 12.6. The molecule has 1 N–H and O–H groups in total. The zero-order valence-electron chi connectivity index (χ0n) is 16.5. The summed E-state index contributed by atoms with van der Waals surface area (Å²) in [4.78, 5) is 28.2. The number of fused-ring (bicyclic) bond motifs is 1. The van der Waals surface area contributed by atoms with Gasteiger partial charge < -0.3 is 19.7 Å². The van der Waals surface area contributed by atoms with Crippen LogP contribution in [0.25, 0.3) is 0 Å². The first-order chi connectivity index (χ1) is 14.0. The van der Waals surface area contributed by atoms with E-state index in [1.165, 1.54) is 4.90 Å². The molecule has 0 atom stereocenters. The number of para-hydroxylation sites is 1. The van der Waals surface area contributed by atoms with Gasteiger partial charge in [-0.2, -0.15) is 0 Å². The number of likely N-dealkylation sites (N-methyl/N-ethyl adjacent to an activating group) is 2. The molecule has 2 aromatic rings. The lowest BCUT2D eigenvalue weighted by molar-refractivity contribution is -0.134. The Labute approximate surface area is 175 Å². The predicted molar refractivity (Wildman–Crippen MR) is 111 cm³/mol. The molecular formula is C21H24ClN3O4. The van der Waals surface area contributed by atoms with Gasteiger partial charge >= 0.3 is 0 Å². The zero-order chi connectivity index (χ0) is 20.8. The molecule has 3 rings (SSSR count). The van der Waals surface area contributed by atoms with Crippen molar-refractivity contribution in [2.75, 3.05) is 38.8 Å². The van der Waals surface area contributed by atoms with Crippen molar-refractivity contribution in [3.63, 3.8) is 0 Å². The van der Waals surface area contributed by atoms with E-state index in [4.69, 9.17) is 21.1 Å². The van der Waals surface area contributed by atoms with Gasteiger partial charge in [-0.1, -0.05) is 36.7 Å². The standard InChI is InChI=1S/C21H24ClN3O4/c1-3-25(11-15-8-9-18-19(10-15)29-14-28-18)13-21(27)24(2)12-20(26)23-17-7-5-4-6-16(17)22/h4-10H,3,11-14H2,1-2H3,(H,23,26). The topological polar surface area (TPSA) is 71.1 Å². The fraction of sp³-hybridized carbons (Fsp3) is 0.333. The van der Waals surface area contributed by atoms with Crippen LogP contribution in [0.4, 0.5) is 5.69 Å². The third-order valence-corrected chi connectivity index (χ3v) is 4.93. The van der Waals surface area contributed by atoms with E-state index in [-0.39, 0.29) is 31.7 Å². The molecule has 29 heavy (non-hydrogen) atoms. The van der Waals surface area contributed by atoms with Crippen molar-refractivity contribution >= 4 is 29.1 Å². The van der Waals surface area contributed by atoms with Crippen LogP contribution in [0.1, 0.15) is 12.5 Å². The van der Waals surface area contributed by atoms with Gasteiger partial charge in [0.2, 0.25) is 18.6 Å². The summed E-state index contributed by atoms with van der Waals surface area (Å²) in [5.74, 6) is 1.02. The van der Waals surface area contributed by atoms with Crippen molar-refractivity contribution in [2.24, 2.45) is 0 Å². The van der Waals surface area contributed by atoms with Crippen molar-refractivity contribution in [3.8, 4) is 11.5 Å². The first-order valence-corrected chi connectivity index (χ1v) is 9.73. The number of nitrogens with zero attached hydrogens (tertiary/aromatic N) is 2. The summed E-state index contributed by atoms with van der Waals surface area (Å²) in [5, 5.41) is 3.18. The monoisotopic (exact) mass is 417 g/mol. The molecule has 1 aliphatic heterocycles. The highest BCUT2D eigenvalue weighted by molar-refractivity contribution is 6.33. The van der Waals surface area contributed by atoms with E-state index in [2.05, 4.69) is 5.32 Å². The second kappa shape index (κ2) is 9.62. The number of rotatable bonds is 8. The molecule has 1 aliphatic rings. The van der Waals surface area contributed by atoms with Gasteiger partial charge in [-0.15, -0.1) is 0 Å². The Morgan fingerprint density at radius 1 is 1.10 bits per heavy atom. The lowest BCUT2D eigenvalue weighted by atomic mass is 10.2. The fourth-order valence-corrected chi connectivity index (χ4v) is 3.13. The second-order valence-corrected chi connectivity index (χ2v) is 7.18. The second-order valence-electron chi connectivity index (χ2n) is 6.77. The highest BCUT2D eigenvalue weighted by Crippen LogP contribution is 2.32. The Morgan fingerprint density at radius 3 is 2.62 bits per heavy atom. The summed E-state index contributed by atoms with van der Waals surface area (Å²) in [6.07, 6.45) is 0. The number of anilines is 1. The number of hydrogen-bond donors (Lipinski definition) is 1. The molecule has 0 aliphatic carbocycles. The minimum atomic E-state index is -0.298. The van der Waals surface area contributed by atoms with Gasteiger partial charge in [0.1, 0.15) is 0 Å². The van der Waals surface area contributed by atoms with Crippen LogP contribution < -0.4 is 14.8 Å². The third kappa shape index (κ3) is 5.62. The van der Waals surface area contributed by atoms with E-state index < -0.39 is 0 Å². The molecule has 0 bridgehead atoms. The van der Waals surface area contributed by atoms with Gasteiger partial charge in [-0.05, 0) is 36.4 Å². The minimum absolute atomic E-state index is 0.0500. The zero-order valence-corrected chi connectivity index (χ0v) is 17.2. The maximum Gasteiger partial charge on any atom is 0.244 e. The molecule has 0 spiro atoms. The van der Waals surface area contributed by atoms with Crippen LogP contribution in [0.2, 0.25) is 5.02 Å². The SMILES string of the molecule is CCN(CC(=O)N(C)CC(=O)Nc1ccccc1Cl)Cc1ccc2c(c1)OCO2. The summed E-state index contributed by atoms with van der Waals surface area (Å²) in [6.45, 7) is 3.67. The maximum absolute atomic E-state index is 12.6. The number of carbonyl (C=O) groups excluding carboxylic acids is 2. The van der Waals surface area contributed by atoms with Crippen molar-refractivity contribution in [1.82, 2.24) is 9.80 Å². The summed E-state index contributed by atoms with van der Waals surface area (Å²) in [7, 11) is 1.61. The third-order valence-electron chi connectivity index (χ3n) is 4.60. The Bertz CT molecular complexity index is 890. The summed E-state index contributed by atoms with van der Waals surface area (Å²) in [5.41, 5.74) is 1.56. The van der Waals surface area contributed by atoms with E-state index in [0.29, 0.717) is 23.8 Å². The quantitative estimate of drug-likeness (QED) is 0.715. The van der Waals surface area contributed by atoms with Gasteiger partial charge in [0.05, 0.1) is 23.8 Å². The number of benzene rings is 2. The molecule has 0 unspecified atom stereocenters. The van der Waals surface area contributed by atoms with Crippen LogP contribution in [0, 0.1) is 0 Å². The van der Waals surface area contributed by atoms with Crippen LogP contribution in [0.5, 0.6) is 11.5 Å². The van der Waals surface area contributed by atoms with Crippen molar-refractivity contribution in [2.45, 2.75) is 13.5 Å². The van der Waals surface area contributed by atoms with E-state index in [1.54, 1.807) is 31.3 Å². The van der Waals surface area contributed by atoms with Crippen LogP contribution >= 0.6 is 11.6 Å². The number of halogens is 1. The van der Waals surface area contributed by atoms with Gasteiger partial charge in [0.25, 0.3) is 0 Å². The smallest absolute Gasteiger partial charge is 0.244 e. The Kier molecular flexibility index (Phi) is 6.95. The van der Waals surface area contributed by atoms with Crippen molar-refractivity contribution in [3.05, 3.63) is 53.1 Å². The number of nitrogens with one attached hydrogen (secondary N) is 1. The van der Waals surface area contributed by atoms with E-state index in [0.717, 1.165) is 17.1 Å². The van der Waals surface area contributed by atoms with Crippen LogP contribution in [0.15, 0.2) is 42.5 Å². The average Bonchev–Trinajstić information content (AvgIpc) is 3.17. The molecule has 0 saturated heterocycles. The lowest BCUT2D eigenvalue weighted by Crippen LogP contribution is -2.41. The Hall–Kier alpha value is -2.77. The summed E-state index contributed by atoms with van der Waals surface area (Å²) in [6, 6.07) is 12.7. The largest absolute Gasteiger partial charge is 0.454 e. The molecular weight excluding hydrogens is 394 g/mol. The summed E-state index contributed by atoms with van der Waals surface area (Å²) < 4.78 is 10.7. The molecule has 8 heteroatoms. The van der Waals surface area contributed by atoms with Gasteiger partial charge in [-0.25, -0.2) is 0 Å². The van der Waals surface area contributed by atoms with Crippen LogP contribution in [0.3, 0.4) is 0 Å². The molecule has 7 nitrogen and oxygen atoms in total. The number of amides is 2. The normalized spacial score (nSPS) is 12.1. The van der Waals surface area contributed by atoms with E-state index in [1.807, 2.05) is 30.0 Å². The molecule has 2 amide bonds. The molecule has 2 aromatic carbocycles. The predicted octanol–water partition coefficient (Wildman–Crippen LogP) is 2.99. The molecule has 0 fully saturated rings. The Balaban J connectivity index is 1.52. The highest BCUT2D eigenvalue weighted by Gasteiger charge is 2.18. The van der Waals surface area contributed by atoms with Crippen LogP contribution in [-0.2, 0) is 16.1 Å². The first kappa shape index (κ1) is 21.0. The number of ether oxygens (including phenoxy) is 2. The van der Waals surface area contributed by atoms with Crippen molar-refractivity contribution in [1.29, 1.82) is 0 Å². The van der Waals surface area contributed by atoms with Gasteiger partial charge in [-0.3, -0.25) is 14.5 Å². The first-order valence-electron chi connectivity index (χ1n) is 9.35. The number of hydrogen-bond acceptors (Lipinski definition) is 5. The van der Waals surface area contributed by atoms with E-state index in [9.17, 15) is 9.59 Å². The van der Waals surface area contributed by atoms with Crippen molar-refractivity contribution < 1.29 is 19.1 Å². The summed E-state index contributed by atoms with van der Waals surface area (Å²) >= 11 is 6.05.